The molecule has 0 aromatic rings. The van der Waals surface area contributed by atoms with Gasteiger partial charge in [0.05, 0.1) is 11.5 Å². The lowest BCUT2D eigenvalue weighted by Gasteiger charge is -2.45. The summed E-state index contributed by atoms with van der Waals surface area (Å²) in [5, 5.41) is 3.24. The molecule has 0 radical (unpaired) electrons. The summed E-state index contributed by atoms with van der Waals surface area (Å²) >= 11 is 0. The van der Waals surface area contributed by atoms with Crippen molar-refractivity contribution in [1.82, 2.24) is 5.32 Å². The molecule has 0 amide bonds. The molecular weight excluding hydrogens is 162 g/mol. The molecule has 1 spiro atoms. The molecular formula is C7H13NO2S. The number of hydrogen-bond acceptors (Lipinski definition) is 3. The molecule has 2 rings (SSSR count). The summed E-state index contributed by atoms with van der Waals surface area (Å²) in [7, 11) is -2.71. The molecule has 64 valence electrons. The molecule has 0 bridgehead atoms. The van der Waals surface area contributed by atoms with Crippen LogP contribution in [-0.2, 0) is 9.84 Å². The number of sulfone groups is 1. The van der Waals surface area contributed by atoms with E-state index in [-0.39, 0.29) is 5.54 Å². The fourth-order valence-corrected chi connectivity index (χ4v) is 3.97. The Morgan fingerprint density at radius 2 is 2.00 bits per heavy atom. The summed E-state index contributed by atoms with van der Waals surface area (Å²) in [6.45, 7) is 0.996. The first kappa shape index (κ1) is 7.55. The zero-order chi connectivity index (χ0) is 7.95. The lowest BCUT2D eigenvalue weighted by atomic mass is 9.85. The highest BCUT2D eigenvalue weighted by molar-refractivity contribution is 7.91. The van der Waals surface area contributed by atoms with Gasteiger partial charge in [0, 0.05) is 5.54 Å². The van der Waals surface area contributed by atoms with E-state index in [1.165, 1.54) is 0 Å². The third kappa shape index (κ3) is 1.29. The van der Waals surface area contributed by atoms with Crippen molar-refractivity contribution in [1.29, 1.82) is 0 Å². The van der Waals surface area contributed by atoms with Gasteiger partial charge in [-0.2, -0.15) is 0 Å². The van der Waals surface area contributed by atoms with Crippen LogP contribution >= 0.6 is 0 Å². The van der Waals surface area contributed by atoms with Crippen LogP contribution in [0.1, 0.15) is 19.3 Å². The topological polar surface area (TPSA) is 46.2 Å². The zero-order valence-corrected chi connectivity index (χ0v) is 7.28. The molecule has 0 unspecified atom stereocenters. The van der Waals surface area contributed by atoms with Crippen LogP contribution in [0.5, 0.6) is 0 Å². The summed E-state index contributed by atoms with van der Waals surface area (Å²) < 4.78 is 22.4. The van der Waals surface area contributed by atoms with Gasteiger partial charge in [-0.15, -0.1) is 0 Å². The molecule has 0 aromatic carbocycles. The quantitative estimate of drug-likeness (QED) is 0.560. The van der Waals surface area contributed by atoms with Crippen LogP contribution in [0.3, 0.4) is 0 Å². The Morgan fingerprint density at radius 1 is 1.27 bits per heavy atom. The molecule has 3 nitrogen and oxygen atoms in total. The first-order chi connectivity index (χ1) is 5.12. The van der Waals surface area contributed by atoms with Gasteiger partial charge in [0.2, 0.25) is 0 Å². The van der Waals surface area contributed by atoms with Gasteiger partial charge in [-0.25, -0.2) is 8.42 Å². The van der Waals surface area contributed by atoms with E-state index in [1.54, 1.807) is 0 Å². The molecule has 0 saturated carbocycles. The second kappa shape index (κ2) is 2.20. The van der Waals surface area contributed by atoms with Gasteiger partial charge >= 0.3 is 0 Å². The molecule has 2 heterocycles. The van der Waals surface area contributed by atoms with E-state index in [1.807, 2.05) is 0 Å². The van der Waals surface area contributed by atoms with Crippen LogP contribution in [0.4, 0.5) is 0 Å². The molecule has 4 heteroatoms. The third-order valence-electron chi connectivity index (χ3n) is 2.71. The number of nitrogens with one attached hydrogen (secondary N) is 1. The number of hydrogen-bond donors (Lipinski definition) is 1. The smallest absolute Gasteiger partial charge is 0.152 e. The van der Waals surface area contributed by atoms with Gasteiger partial charge in [0.25, 0.3) is 0 Å². The van der Waals surface area contributed by atoms with Crippen LogP contribution in [0.15, 0.2) is 0 Å². The minimum Gasteiger partial charge on any atom is -0.310 e. The van der Waals surface area contributed by atoms with Gasteiger partial charge in [0.1, 0.15) is 0 Å². The minimum atomic E-state index is -2.71. The van der Waals surface area contributed by atoms with Gasteiger partial charge in [-0.3, -0.25) is 0 Å². The second-order valence-electron chi connectivity index (χ2n) is 3.65. The predicted octanol–water partition coefficient (Wildman–Crippen LogP) is -0.0729. The van der Waals surface area contributed by atoms with E-state index >= 15 is 0 Å². The van der Waals surface area contributed by atoms with Crippen LogP contribution < -0.4 is 5.32 Å². The first-order valence-electron chi connectivity index (χ1n) is 4.07. The van der Waals surface area contributed by atoms with Crippen molar-refractivity contribution in [3.8, 4) is 0 Å². The maximum absolute atomic E-state index is 11.2. The summed E-state index contributed by atoms with van der Waals surface area (Å²) in [5.74, 6) is 0.774. The molecule has 1 atom stereocenters. The molecule has 2 aliphatic rings. The van der Waals surface area contributed by atoms with Gasteiger partial charge in [0.15, 0.2) is 9.84 Å². The molecule has 2 saturated heterocycles. The average Bonchev–Trinajstić information content (AvgIpc) is 1.82. The van der Waals surface area contributed by atoms with Crippen molar-refractivity contribution in [2.45, 2.75) is 24.8 Å². The van der Waals surface area contributed by atoms with E-state index in [9.17, 15) is 8.42 Å². The largest absolute Gasteiger partial charge is 0.310 e. The van der Waals surface area contributed by atoms with Gasteiger partial charge < -0.3 is 5.32 Å². The van der Waals surface area contributed by atoms with Crippen molar-refractivity contribution >= 4 is 9.84 Å². The Labute approximate surface area is 67.1 Å². The van der Waals surface area contributed by atoms with E-state index in [0.29, 0.717) is 11.5 Å². The van der Waals surface area contributed by atoms with Crippen molar-refractivity contribution in [2.75, 3.05) is 18.1 Å². The highest BCUT2D eigenvalue weighted by Gasteiger charge is 2.42. The van der Waals surface area contributed by atoms with E-state index in [0.717, 1.165) is 25.8 Å². The number of rotatable bonds is 0. The standard InChI is InChI=1S/C7H13NO2S/c9-11(10)5-1-2-7(6-11)3-4-8-7/h8H,1-6H2/t7-/m0/s1. The van der Waals surface area contributed by atoms with Gasteiger partial charge in [-0.05, 0) is 25.8 Å². The maximum Gasteiger partial charge on any atom is 0.152 e. The summed E-state index contributed by atoms with van der Waals surface area (Å²) in [5.41, 5.74) is -0.00289. The van der Waals surface area contributed by atoms with Crippen molar-refractivity contribution in [2.24, 2.45) is 0 Å². The SMILES string of the molecule is O=S1(=O)CCC[C@]2(CCN2)C1. The summed E-state index contributed by atoms with van der Waals surface area (Å²) in [6.07, 6.45) is 2.94. The van der Waals surface area contributed by atoms with Crippen LogP contribution in [-0.4, -0.2) is 32.0 Å². The minimum absolute atomic E-state index is 0.00289. The van der Waals surface area contributed by atoms with Gasteiger partial charge in [-0.1, -0.05) is 0 Å². The van der Waals surface area contributed by atoms with Crippen LogP contribution in [0.25, 0.3) is 0 Å². The summed E-state index contributed by atoms with van der Waals surface area (Å²) in [4.78, 5) is 0. The Balaban J connectivity index is 2.15. The van der Waals surface area contributed by atoms with E-state index in [4.69, 9.17) is 0 Å². The van der Waals surface area contributed by atoms with E-state index in [2.05, 4.69) is 5.32 Å². The molecule has 1 N–H and O–H groups in total. The molecule has 0 aliphatic carbocycles. The van der Waals surface area contributed by atoms with Crippen molar-refractivity contribution in [3.63, 3.8) is 0 Å². The summed E-state index contributed by atoms with van der Waals surface area (Å²) in [6, 6.07) is 0. The Kier molecular flexibility index (Phi) is 1.51. The monoisotopic (exact) mass is 175 g/mol. The molecule has 2 aliphatic heterocycles. The fourth-order valence-electron chi connectivity index (χ4n) is 2.01. The lowest BCUT2D eigenvalue weighted by Crippen LogP contribution is -2.62. The Bertz CT molecular complexity index is 254. The second-order valence-corrected chi connectivity index (χ2v) is 5.84. The highest BCUT2D eigenvalue weighted by atomic mass is 32.2. The molecule has 11 heavy (non-hydrogen) atoms. The Morgan fingerprint density at radius 3 is 2.36 bits per heavy atom. The molecule has 2 fully saturated rings. The normalized spacial score (nSPS) is 41.8. The van der Waals surface area contributed by atoms with Crippen molar-refractivity contribution < 1.29 is 8.42 Å². The Hall–Kier alpha value is -0.0900. The maximum atomic E-state index is 11.2. The fraction of sp³-hybridized carbons (Fsp3) is 1.00. The first-order valence-corrected chi connectivity index (χ1v) is 5.90. The third-order valence-corrected chi connectivity index (χ3v) is 4.61. The van der Waals surface area contributed by atoms with Crippen LogP contribution in [0.2, 0.25) is 0 Å². The zero-order valence-electron chi connectivity index (χ0n) is 6.47. The van der Waals surface area contributed by atoms with E-state index < -0.39 is 9.84 Å². The lowest BCUT2D eigenvalue weighted by molar-refractivity contribution is 0.211. The highest BCUT2D eigenvalue weighted by Crippen LogP contribution is 2.30. The van der Waals surface area contributed by atoms with Crippen LogP contribution in [0, 0.1) is 0 Å². The predicted molar refractivity (Wildman–Crippen MR) is 43.2 cm³/mol. The van der Waals surface area contributed by atoms with Crippen molar-refractivity contribution in [3.05, 3.63) is 0 Å². The average molecular weight is 175 g/mol. The molecule has 0 aromatic heterocycles.